The molecule has 38 heteroatoms. The average Bonchev–Trinajstić information content (AvgIpc) is 1.68. The number of hydroxylamine groups is 4. The van der Waals surface area contributed by atoms with Gasteiger partial charge in [0.2, 0.25) is 25.4 Å². The van der Waals surface area contributed by atoms with E-state index in [0.717, 1.165) is 37.9 Å². The number of likely N-dealkylation sites (tertiary alicyclic amines) is 1. The number of nitrogens with zero attached hydrogens (tertiary/aromatic N) is 6. The third kappa shape index (κ3) is 21.7. The maximum Gasteiger partial charge on any atom is 0.519 e. The van der Waals surface area contributed by atoms with E-state index in [9.17, 15) is 74.9 Å². The van der Waals surface area contributed by atoms with Gasteiger partial charge in [0.25, 0.3) is 5.69 Å². The lowest BCUT2D eigenvalue weighted by atomic mass is 9.95. The van der Waals surface area contributed by atoms with Gasteiger partial charge in [-0.3, -0.25) is 38.9 Å². The smallest absolute Gasteiger partial charge is 0.466 e. The monoisotopic (exact) mass is 1320 g/mol. The highest BCUT2D eigenvalue weighted by atomic mass is 32.3. The number of nitrogens with one attached hydrogen (secondary N) is 3. The molecule has 0 aliphatic carbocycles. The normalized spacial score (nSPS) is 20.2. The molecule has 0 saturated carbocycles. The van der Waals surface area contributed by atoms with Gasteiger partial charge in [0.1, 0.15) is 17.8 Å². The van der Waals surface area contributed by atoms with E-state index in [-0.39, 0.29) is 61.6 Å². The molecule has 0 spiro atoms. The number of benzene rings is 1. The molecule has 4 atom stereocenters. The lowest BCUT2D eigenvalue weighted by molar-refractivity contribution is -0.384. The first-order chi connectivity index (χ1) is 42.3. The van der Waals surface area contributed by atoms with Crippen molar-refractivity contribution < 1.29 is 120 Å². The van der Waals surface area contributed by atoms with Crippen molar-refractivity contribution in [1.82, 2.24) is 40.8 Å². The van der Waals surface area contributed by atoms with E-state index in [1.165, 1.54) is 73.6 Å². The Morgan fingerprint density at radius 1 is 0.622 bits per heavy atom. The van der Waals surface area contributed by atoms with E-state index < -0.39 is 136 Å². The van der Waals surface area contributed by atoms with Gasteiger partial charge in [0.15, 0.2) is 0 Å². The fourth-order valence-corrected chi connectivity index (χ4v) is 11.2. The summed E-state index contributed by atoms with van der Waals surface area (Å²) < 4.78 is 102. The van der Waals surface area contributed by atoms with Crippen LogP contribution in [0, 0.1) is 20.9 Å². The van der Waals surface area contributed by atoms with Crippen LogP contribution >= 0.6 is 0 Å². The van der Waals surface area contributed by atoms with Crippen LogP contribution in [0.15, 0.2) is 24.3 Å². The van der Waals surface area contributed by atoms with Crippen molar-refractivity contribution in [2.45, 2.75) is 143 Å². The van der Waals surface area contributed by atoms with Gasteiger partial charge in [-0.1, -0.05) is 0 Å². The molecule has 6 aliphatic rings. The molecule has 36 nitrogen and oxygen atoms in total. The number of amides is 7. The summed E-state index contributed by atoms with van der Waals surface area (Å²) in [5.74, 6) is -2.98. The summed E-state index contributed by atoms with van der Waals surface area (Å²) in [6.07, 6.45) is 2.16. The van der Waals surface area contributed by atoms with Gasteiger partial charge in [0.05, 0.1) is 54.3 Å². The van der Waals surface area contributed by atoms with Crippen molar-refractivity contribution >= 4 is 86.5 Å². The molecule has 0 radical (unpaired) electrons. The number of rotatable bonds is 24. The van der Waals surface area contributed by atoms with E-state index in [2.05, 4.69) is 30.2 Å². The minimum Gasteiger partial charge on any atom is -0.466 e. The number of piperidine rings is 4. The molecule has 7 amide bonds. The summed E-state index contributed by atoms with van der Waals surface area (Å²) >= 11 is 0. The molecule has 6 fully saturated rings. The Kier molecular flexibility index (Phi) is 26.6. The number of hydrogen-bond donors (Lipinski definition) is 3. The molecule has 3 N–H and O–H groups in total. The Balaban J connectivity index is 0.000000263. The molecule has 1 aromatic rings. The maximum absolute atomic E-state index is 13.0. The van der Waals surface area contributed by atoms with Gasteiger partial charge in [-0.2, -0.15) is 27.0 Å². The number of non-ortho nitro benzene ring substituents is 1. The predicted octanol–water partition coefficient (Wildman–Crippen LogP) is 1.81. The minimum atomic E-state index is -4.70. The first-order valence-corrected chi connectivity index (χ1v) is 31.2. The lowest BCUT2D eigenvalue weighted by Crippen LogP contribution is -2.54. The van der Waals surface area contributed by atoms with Crippen LogP contribution in [0.25, 0.3) is 0 Å². The van der Waals surface area contributed by atoms with E-state index >= 15 is 0 Å². The lowest BCUT2D eigenvalue weighted by Gasteiger charge is -2.34. The summed E-state index contributed by atoms with van der Waals surface area (Å²) in [6.45, 7) is 12.2. The Morgan fingerprint density at radius 3 is 1.50 bits per heavy atom. The van der Waals surface area contributed by atoms with Crippen molar-refractivity contribution in [3.8, 4) is 5.75 Å². The highest BCUT2D eigenvalue weighted by molar-refractivity contribution is 7.82. The van der Waals surface area contributed by atoms with Crippen molar-refractivity contribution in [2.24, 2.45) is 10.8 Å². The van der Waals surface area contributed by atoms with Gasteiger partial charge < -0.3 is 63.8 Å². The van der Waals surface area contributed by atoms with Crippen molar-refractivity contribution in [2.75, 3.05) is 79.3 Å². The number of carbonyl (C=O) groups excluding carboxylic acids is 10. The van der Waals surface area contributed by atoms with E-state index in [1.54, 1.807) is 13.8 Å². The number of nitro groups is 1. The second-order valence-corrected chi connectivity index (χ2v) is 24.6. The van der Waals surface area contributed by atoms with E-state index in [4.69, 9.17) is 35.9 Å². The Bertz CT molecular complexity index is 2980. The van der Waals surface area contributed by atoms with Crippen LogP contribution in [0.3, 0.4) is 0 Å². The van der Waals surface area contributed by atoms with Crippen LogP contribution in [-0.4, -0.2) is 222 Å². The topological polar surface area (TPSA) is 436 Å². The average molecular weight is 1320 g/mol. The molecule has 0 unspecified atom stereocenters. The molecule has 6 saturated heterocycles. The van der Waals surface area contributed by atoms with Gasteiger partial charge in [-0.05, 0) is 118 Å². The third-order valence-electron chi connectivity index (χ3n) is 14.3. The Morgan fingerprint density at radius 2 is 1.08 bits per heavy atom. The molecule has 4 bridgehead atoms. The number of hydrogen-bond acceptors (Lipinski definition) is 28. The molecule has 6 heterocycles. The number of esters is 4. The predicted molar refractivity (Wildman–Crippen MR) is 301 cm³/mol. The standard InChI is InChI=1S/C23H36N4O12S.C19H32N4O8S.C10H9NO7/c1-5-35-20(30)23(3,4)13-38-40(33,34)39-27-17-6-7-18(26(12-17)21(27)31)19(29)24-16-8-10-25(11-9-16)22(32)37-14-36-15(2)28;1-4-29-17(25)19(2,3)12-30-32(27,28)31-23-14-5-6-15(22(11-14)18(23)26)16(24)21-13-7-9-20-10-8-13;1-7(12)18-10(13)17-6-16-9-4-2-8(3-5-9)11(14)15/h16-18H,5-14H2,1-4H3,(H,24,29);13-15,20H,4-12H2,1-3H3,(H,21,24);2-5H,6H2,1H3/t17-,18+;14-,15+;/m11./s1. The van der Waals surface area contributed by atoms with Crippen LogP contribution < -0.4 is 20.7 Å². The quantitative estimate of drug-likeness (QED) is 0.0332. The van der Waals surface area contributed by atoms with Gasteiger partial charge in [-0.15, -0.1) is 8.57 Å². The SMILES string of the molecule is CC(=O)OC(=O)OCOc1ccc([N+](=O)[O-])cc1.CCOC(=O)C(C)(C)COS(=O)(=O)ON1C(=O)N2C[C@H]1CC[C@H]2C(=O)NC1CCN(C(=O)OCOC(C)=O)CC1.CCOC(=O)C(C)(C)COS(=O)(=O)ON1C(=O)N2C[C@H]1CC[C@H]2C(=O)NC1CCNCC1. The summed E-state index contributed by atoms with van der Waals surface area (Å²) in [7, 11) is -9.31. The van der Waals surface area contributed by atoms with Gasteiger partial charge >= 0.3 is 69.0 Å². The van der Waals surface area contributed by atoms with E-state index in [1.807, 2.05) is 0 Å². The highest BCUT2D eigenvalue weighted by Gasteiger charge is 2.52. The highest BCUT2D eigenvalue weighted by Crippen LogP contribution is 2.34. The number of fused-ring (bicyclic) bond motifs is 4. The van der Waals surface area contributed by atoms with Crippen molar-refractivity contribution in [3.05, 3.63) is 34.4 Å². The summed E-state index contributed by atoms with van der Waals surface area (Å²) in [5, 5.41) is 20.9. The number of ether oxygens (including phenoxy) is 7. The van der Waals surface area contributed by atoms with Crippen LogP contribution in [0.1, 0.15) is 107 Å². The maximum atomic E-state index is 13.0. The molecule has 0 aromatic heterocycles. The number of urea groups is 2. The summed E-state index contributed by atoms with van der Waals surface area (Å²) in [4.78, 5) is 133. The van der Waals surface area contributed by atoms with Crippen LogP contribution in [0.5, 0.6) is 5.75 Å². The van der Waals surface area contributed by atoms with Crippen molar-refractivity contribution in [1.29, 1.82) is 0 Å². The van der Waals surface area contributed by atoms with E-state index in [0.29, 0.717) is 56.7 Å². The molecule has 504 valence electrons. The Hall–Kier alpha value is -7.78. The van der Waals surface area contributed by atoms with Gasteiger partial charge in [-0.25, -0.2) is 27.5 Å². The number of nitro benzene ring substituents is 1. The second-order valence-electron chi connectivity index (χ2n) is 22.2. The van der Waals surface area contributed by atoms with Crippen molar-refractivity contribution in [3.63, 3.8) is 0 Å². The largest absolute Gasteiger partial charge is 0.519 e. The zero-order valence-electron chi connectivity index (χ0n) is 50.9. The molecule has 6 aliphatic heterocycles. The van der Waals surface area contributed by atoms with Gasteiger partial charge in [0, 0.05) is 64.2 Å². The first kappa shape index (κ1) is 73.0. The van der Waals surface area contributed by atoms with Crippen LogP contribution in [0.4, 0.5) is 24.9 Å². The summed E-state index contributed by atoms with van der Waals surface area (Å²) in [6, 6.07) is 0.884. The number of carbonyl (C=O) groups is 10. The zero-order chi connectivity index (χ0) is 66.7. The van der Waals surface area contributed by atoms with Crippen LogP contribution in [-0.2, 0) is 94.9 Å². The summed E-state index contributed by atoms with van der Waals surface area (Å²) in [5.41, 5.74) is -2.58. The van der Waals surface area contributed by atoms with Crippen LogP contribution in [0.2, 0.25) is 0 Å². The molecule has 7 rings (SSSR count). The minimum absolute atomic E-state index is 0.0584. The second kappa shape index (κ2) is 32.8. The fourth-order valence-electron chi connectivity index (χ4n) is 9.43. The Labute approximate surface area is 518 Å². The molecular weight excluding hydrogens is 1250 g/mol. The molecule has 1 aromatic carbocycles. The molecule has 90 heavy (non-hydrogen) atoms. The fraction of sp³-hybridized carbons (Fsp3) is 0.692. The third-order valence-corrected chi connectivity index (χ3v) is 15.8. The zero-order valence-corrected chi connectivity index (χ0v) is 52.6. The first-order valence-electron chi connectivity index (χ1n) is 28.6. The molecular formula is C52H77N9O27S2.